The molecule has 0 aromatic heterocycles. The minimum Gasteiger partial charge on any atom is -0.248 e. The van der Waals surface area contributed by atoms with E-state index in [2.05, 4.69) is 107 Å². The molecule has 1 heteroatoms. The van der Waals surface area contributed by atoms with Gasteiger partial charge in [-0.1, -0.05) is 78.9 Å². The third-order valence-corrected chi connectivity index (χ3v) is 5.57. The Morgan fingerprint density at radius 3 is 1.54 bits per heavy atom. The van der Waals surface area contributed by atoms with Gasteiger partial charge in [0.15, 0.2) is 0 Å². The predicted molar refractivity (Wildman–Crippen MR) is 121 cm³/mol. The van der Waals surface area contributed by atoms with Gasteiger partial charge in [0, 0.05) is 5.57 Å². The Labute approximate surface area is 167 Å². The van der Waals surface area contributed by atoms with Crippen LogP contribution in [0.5, 0.6) is 0 Å². The van der Waals surface area contributed by atoms with Crippen LogP contribution in [0.3, 0.4) is 0 Å². The maximum atomic E-state index is 5.22. The summed E-state index contributed by atoms with van der Waals surface area (Å²) in [5.41, 5.74) is 12.1. The molecule has 1 aliphatic rings. The number of rotatable bonds is 3. The van der Waals surface area contributed by atoms with E-state index in [1.807, 2.05) is 0 Å². The smallest absolute Gasteiger partial charge is 0.0753 e. The van der Waals surface area contributed by atoms with E-state index in [0.717, 1.165) is 11.4 Å². The molecule has 0 radical (unpaired) electrons. The zero-order valence-corrected chi connectivity index (χ0v) is 17.0. The van der Waals surface area contributed by atoms with Gasteiger partial charge in [-0.2, -0.15) is 0 Å². The maximum Gasteiger partial charge on any atom is 0.0753 e. The van der Waals surface area contributed by atoms with Gasteiger partial charge in [0.05, 0.1) is 11.4 Å². The second-order valence-corrected chi connectivity index (χ2v) is 7.43. The van der Waals surface area contributed by atoms with Crippen molar-refractivity contribution < 1.29 is 0 Å². The van der Waals surface area contributed by atoms with Crippen molar-refractivity contribution in [3.63, 3.8) is 0 Å². The van der Waals surface area contributed by atoms with Crippen molar-refractivity contribution >= 4 is 22.5 Å². The number of nitrogens with zero attached hydrogens (tertiary/aromatic N) is 1. The summed E-state index contributed by atoms with van der Waals surface area (Å²) in [6.45, 7) is 8.68. The number of aryl methyl sites for hydroxylation is 2. The second-order valence-electron chi connectivity index (χ2n) is 7.43. The van der Waals surface area contributed by atoms with Crippen LogP contribution in [-0.4, -0.2) is 5.71 Å². The van der Waals surface area contributed by atoms with Crippen molar-refractivity contribution in [3.8, 4) is 0 Å². The molecule has 1 nitrogen and oxygen atoms in total. The van der Waals surface area contributed by atoms with Crippen molar-refractivity contribution in [2.24, 2.45) is 4.99 Å². The fourth-order valence-corrected chi connectivity index (χ4v) is 3.94. The fourth-order valence-electron chi connectivity index (χ4n) is 3.94. The van der Waals surface area contributed by atoms with E-state index >= 15 is 0 Å². The van der Waals surface area contributed by atoms with E-state index in [4.69, 9.17) is 4.99 Å². The molecule has 0 aliphatic heterocycles. The van der Waals surface area contributed by atoms with Gasteiger partial charge in [-0.15, -0.1) is 0 Å². The SMILES string of the molecule is CC1=C(C)C(c2ccccc2)=C(c2ccccc2)C1=Nc1c(C)cccc1C. The average molecular weight is 364 g/mol. The second kappa shape index (κ2) is 7.44. The maximum absolute atomic E-state index is 5.22. The lowest BCUT2D eigenvalue weighted by Gasteiger charge is -2.13. The molecular weight excluding hydrogens is 338 g/mol. The van der Waals surface area contributed by atoms with Crippen LogP contribution in [0.15, 0.2) is 95.0 Å². The summed E-state index contributed by atoms with van der Waals surface area (Å²) < 4.78 is 0. The van der Waals surface area contributed by atoms with Gasteiger partial charge in [0.2, 0.25) is 0 Å². The van der Waals surface area contributed by atoms with E-state index in [-0.39, 0.29) is 0 Å². The van der Waals surface area contributed by atoms with Crippen LogP contribution in [0.25, 0.3) is 11.1 Å². The Kier molecular flexibility index (Phi) is 4.83. The first kappa shape index (κ1) is 18.2. The van der Waals surface area contributed by atoms with Crippen LogP contribution >= 0.6 is 0 Å². The van der Waals surface area contributed by atoms with Crippen LogP contribution in [-0.2, 0) is 0 Å². The molecule has 0 saturated carbocycles. The van der Waals surface area contributed by atoms with E-state index in [0.29, 0.717) is 0 Å². The van der Waals surface area contributed by atoms with Crippen LogP contribution < -0.4 is 0 Å². The monoisotopic (exact) mass is 363 g/mol. The van der Waals surface area contributed by atoms with Crippen molar-refractivity contribution in [2.45, 2.75) is 27.7 Å². The molecule has 0 saturated heterocycles. The molecule has 0 heterocycles. The molecule has 0 unspecified atom stereocenters. The Bertz CT molecular complexity index is 1090. The van der Waals surface area contributed by atoms with Crippen molar-refractivity contribution in [3.05, 3.63) is 112 Å². The van der Waals surface area contributed by atoms with Crippen molar-refractivity contribution in [1.82, 2.24) is 0 Å². The molecule has 0 fully saturated rings. The van der Waals surface area contributed by atoms with Gasteiger partial charge < -0.3 is 0 Å². The summed E-state index contributed by atoms with van der Waals surface area (Å²) in [5.74, 6) is 0. The van der Waals surface area contributed by atoms with Crippen LogP contribution in [0.4, 0.5) is 5.69 Å². The van der Waals surface area contributed by atoms with Gasteiger partial charge in [0.25, 0.3) is 0 Å². The summed E-state index contributed by atoms with van der Waals surface area (Å²) in [6.07, 6.45) is 0. The zero-order chi connectivity index (χ0) is 19.7. The summed E-state index contributed by atoms with van der Waals surface area (Å²) in [6, 6.07) is 27.7. The number of hydrogen-bond donors (Lipinski definition) is 0. The summed E-state index contributed by atoms with van der Waals surface area (Å²) in [5, 5.41) is 0. The van der Waals surface area contributed by atoms with E-state index < -0.39 is 0 Å². The Morgan fingerprint density at radius 2 is 1.00 bits per heavy atom. The van der Waals surface area contributed by atoms with E-state index in [9.17, 15) is 0 Å². The molecule has 28 heavy (non-hydrogen) atoms. The minimum atomic E-state index is 1.08. The van der Waals surface area contributed by atoms with Gasteiger partial charge >= 0.3 is 0 Å². The largest absolute Gasteiger partial charge is 0.248 e. The highest BCUT2D eigenvalue weighted by atomic mass is 14.8. The molecule has 4 rings (SSSR count). The first-order valence-electron chi connectivity index (χ1n) is 9.76. The lowest BCUT2D eigenvalue weighted by Crippen LogP contribution is -2.01. The highest BCUT2D eigenvalue weighted by Gasteiger charge is 2.28. The van der Waals surface area contributed by atoms with Crippen LogP contribution in [0.2, 0.25) is 0 Å². The molecule has 0 N–H and O–H groups in total. The average Bonchev–Trinajstić information content (AvgIpc) is 2.97. The molecule has 0 amide bonds. The third-order valence-electron chi connectivity index (χ3n) is 5.57. The van der Waals surface area contributed by atoms with E-state index in [1.165, 1.54) is 44.5 Å². The Balaban J connectivity index is 2.03. The Hall–Kier alpha value is -3.19. The standard InChI is InChI=1S/C27H25N/c1-18-12-11-13-19(2)26(18)28-27-21(4)20(3)24(22-14-7-5-8-15-22)25(27)23-16-9-6-10-17-23/h5-17H,1-4H3. The fraction of sp³-hybridized carbons (Fsp3) is 0.148. The number of hydrogen-bond acceptors (Lipinski definition) is 1. The van der Waals surface area contributed by atoms with Crippen LogP contribution in [0.1, 0.15) is 36.1 Å². The molecule has 3 aromatic carbocycles. The molecular formula is C27H25N. The highest BCUT2D eigenvalue weighted by molar-refractivity contribution is 6.42. The molecule has 0 atom stereocenters. The Morgan fingerprint density at radius 1 is 0.500 bits per heavy atom. The minimum absolute atomic E-state index is 1.08. The normalized spacial score (nSPS) is 15.6. The summed E-state index contributed by atoms with van der Waals surface area (Å²) in [4.78, 5) is 5.22. The first-order valence-corrected chi connectivity index (χ1v) is 9.76. The van der Waals surface area contributed by atoms with Crippen molar-refractivity contribution in [1.29, 1.82) is 0 Å². The highest BCUT2D eigenvalue weighted by Crippen LogP contribution is 2.43. The molecule has 0 spiro atoms. The molecule has 3 aromatic rings. The number of para-hydroxylation sites is 1. The number of allylic oxidation sites excluding steroid dienone is 4. The molecule has 0 bridgehead atoms. The van der Waals surface area contributed by atoms with Gasteiger partial charge in [-0.05, 0) is 66.7 Å². The van der Waals surface area contributed by atoms with E-state index in [1.54, 1.807) is 0 Å². The molecule has 138 valence electrons. The van der Waals surface area contributed by atoms with Crippen molar-refractivity contribution in [2.75, 3.05) is 0 Å². The van der Waals surface area contributed by atoms with Crippen LogP contribution in [0, 0.1) is 13.8 Å². The first-order chi connectivity index (χ1) is 13.6. The van der Waals surface area contributed by atoms with Gasteiger partial charge in [0.1, 0.15) is 0 Å². The predicted octanol–water partition coefficient (Wildman–Crippen LogP) is 7.34. The third kappa shape index (κ3) is 3.14. The quantitative estimate of drug-likeness (QED) is 0.462. The summed E-state index contributed by atoms with van der Waals surface area (Å²) in [7, 11) is 0. The van der Waals surface area contributed by atoms with Gasteiger partial charge in [-0.25, -0.2) is 4.99 Å². The lowest BCUT2D eigenvalue weighted by atomic mass is 9.93. The molecule has 1 aliphatic carbocycles. The summed E-state index contributed by atoms with van der Waals surface area (Å²) >= 11 is 0. The number of aliphatic imine (C=N–C) groups is 1. The van der Waals surface area contributed by atoms with Gasteiger partial charge in [-0.3, -0.25) is 0 Å². The lowest BCUT2D eigenvalue weighted by molar-refractivity contribution is 1.32. The topological polar surface area (TPSA) is 12.4 Å². The number of benzene rings is 3. The zero-order valence-electron chi connectivity index (χ0n) is 17.0.